The quantitative estimate of drug-likeness (QED) is 0.717. The van der Waals surface area contributed by atoms with Crippen molar-refractivity contribution >= 4 is 16.9 Å². The van der Waals surface area contributed by atoms with Crippen LogP contribution in [0, 0.1) is 11.8 Å². The second-order valence-corrected chi connectivity index (χ2v) is 6.12. The van der Waals surface area contributed by atoms with Crippen LogP contribution >= 0.6 is 0 Å². The lowest BCUT2D eigenvalue weighted by Gasteiger charge is -2.34. The van der Waals surface area contributed by atoms with Crippen LogP contribution in [0.5, 0.6) is 0 Å². The van der Waals surface area contributed by atoms with Crippen molar-refractivity contribution < 1.29 is 9.47 Å². The third kappa shape index (κ3) is 3.03. The Balaban J connectivity index is 1.87. The highest BCUT2D eigenvalue weighted by molar-refractivity contribution is 5.85. The Morgan fingerprint density at radius 2 is 2.38 bits per heavy atom. The lowest BCUT2D eigenvalue weighted by Crippen LogP contribution is -2.44. The summed E-state index contributed by atoms with van der Waals surface area (Å²) in [5, 5.41) is 12.3. The van der Waals surface area contributed by atoms with Gasteiger partial charge >= 0.3 is 0 Å². The highest BCUT2D eigenvalue weighted by Crippen LogP contribution is 2.26. The van der Waals surface area contributed by atoms with Gasteiger partial charge in [-0.3, -0.25) is 5.10 Å². The molecule has 0 aromatic carbocycles. The van der Waals surface area contributed by atoms with E-state index in [2.05, 4.69) is 39.0 Å². The van der Waals surface area contributed by atoms with Crippen LogP contribution in [0.15, 0.2) is 24.5 Å². The molecule has 1 N–H and O–H groups in total. The summed E-state index contributed by atoms with van der Waals surface area (Å²) in [6.45, 7) is 4.68. The predicted molar refractivity (Wildman–Crippen MR) is 97.4 cm³/mol. The van der Waals surface area contributed by atoms with Gasteiger partial charge in [-0.15, -0.1) is 0 Å². The number of anilines is 1. The number of nitrogens with zero attached hydrogens (tertiary/aromatic N) is 5. The van der Waals surface area contributed by atoms with Gasteiger partial charge in [0.15, 0.2) is 11.5 Å². The fourth-order valence-electron chi connectivity index (χ4n) is 3.05. The normalized spacial score (nSPS) is 17.3. The summed E-state index contributed by atoms with van der Waals surface area (Å²) in [6.07, 6.45) is 3.47. The van der Waals surface area contributed by atoms with Crippen molar-refractivity contribution in [2.75, 3.05) is 38.4 Å². The van der Waals surface area contributed by atoms with E-state index in [-0.39, 0.29) is 6.04 Å². The third-order valence-corrected chi connectivity index (χ3v) is 4.34. The smallest absolute Gasteiger partial charge is 0.168 e. The van der Waals surface area contributed by atoms with Crippen LogP contribution in [-0.4, -0.2) is 64.5 Å². The Morgan fingerprint density at radius 3 is 3.15 bits per heavy atom. The lowest BCUT2D eigenvalue weighted by atomic mass is 10.1. The van der Waals surface area contributed by atoms with Crippen LogP contribution in [0.1, 0.15) is 12.5 Å². The van der Waals surface area contributed by atoms with Gasteiger partial charge < -0.3 is 14.4 Å². The number of rotatable bonds is 3. The second kappa shape index (κ2) is 7.15. The number of methoxy groups -OCH3 is 1. The number of ether oxygens (including phenoxy) is 2. The largest absolute Gasteiger partial charge is 0.377 e. The van der Waals surface area contributed by atoms with E-state index in [1.807, 2.05) is 12.1 Å². The topological polar surface area (TPSA) is 81.1 Å². The molecule has 1 saturated heterocycles. The van der Waals surface area contributed by atoms with Gasteiger partial charge in [-0.1, -0.05) is 11.8 Å². The summed E-state index contributed by atoms with van der Waals surface area (Å²) < 4.78 is 12.4. The molecule has 1 aliphatic heterocycles. The van der Waals surface area contributed by atoms with Gasteiger partial charge in [-0.2, -0.15) is 14.9 Å². The number of aromatic nitrogens is 5. The van der Waals surface area contributed by atoms with E-state index in [4.69, 9.17) is 14.5 Å². The van der Waals surface area contributed by atoms with E-state index in [1.54, 1.807) is 24.2 Å². The van der Waals surface area contributed by atoms with Crippen LogP contribution in [0.2, 0.25) is 0 Å². The van der Waals surface area contributed by atoms with Gasteiger partial charge in [0.2, 0.25) is 0 Å². The third-order valence-electron chi connectivity index (χ3n) is 4.34. The molecule has 4 heterocycles. The van der Waals surface area contributed by atoms with Gasteiger partial charge in [0, 0.05) is 25.3 Å². The molecule has 3 aromatic heterocycles. The van der Waals surface area contributed by atoms with E-state index in [0.717, 1.165) is 34.8 Å². The maximum Gasteiger partial charge on any atom is 0.168 e. The first-order valence-corrected chi connectivity index (χ1v) is 8.48. The molecule has 0 radical (unpaired) electrons. The molecule has 1 atom stereocenters. The average molecular weight is 352 g/mol. The molecule has 8 nitrogen and oxygen atoms in total. The van der Waals surface area contributed by atoms with Gasteiger partial charge in [-0.25, -0.2) is 4.98 Å². The Bertz CT molecular complexity index is 953. The molecule has 1 unspecified atom stereocenters. The first-order valence-electron chi connectivity index (χ1n) is 8.48. The van der Waals surface area contributed by atoms with E-state index < -0.39 is 0 Å². The van der Waals surface area contributed by atoms with E-state index in [0.29, 0.717) is 19.8 Å². The maximum absolute atomic E-state index is 5.55. The minimum Gasteiger partial charge on any atom is -0.377 e. The second-order valence-electron chi connectivity index (χ2n) is 6.12. The van der Waals surface area contributed by atoms with Gasteiger partial charge in [0.05, 0.1) is 37.0 Å². The summed E-state index contributed by atoms with van der Waals surface area (Å²) >= 11 is 0. The molecule has 3 aromatic rings. The number of hydrogen-bond acceptors (Lipinski definition) is 6. The molecule has 4 rings (SSSR count). The molecule has 0 bridgehead atoms. The van der Waals surface area contributed by atoms with Gasteiger partial charge in [-0.05, 0) is 13.0 Å². The van der Waals surface area contributed by atoms with Gasteiger partial charge in [0.1, 0.15) is 12.4 Å². The van der Waals surface area contributed by atoms with Crippen molar-refractivity contribution in [1.29, 1.82) is 0 Å². The van der Waals surface area contributed by atoms with Crippen LogP contribution in [-0.2, 0) is 9.47 Å². The average Bonchev–Trinajstić information content (AvgIpc) is 3.31. The molecule has 26 heavy (non-hydrogen) atoms. The van der Waals surface area contributed by atoms with Crippen molar-refractivity contribution in [3.05, 3.63) is 30.1 Å². The highest BCUT2D eigenvalue weighted by atomic mass is 16.5. The Kier molecular flexibility index (Phi) is 4.56. The van der Waals surface area contributed by atoms with Crippen molar-refractivity contribution in [2.24, 2.45) is 0 Å². The molecule has 0 amide bonds. The van der Waals surface area contributed by atoms with Crippen molar-refractivity contribution in [1.82, 2.24) is 25.0 Å². The van der Waals surface area contributed by atoms with Crippen LogP contribution < -0.4 is 4.90 Å². The number of aromatic amines is 1. The Morgan fingerprint density at radius 1 is 1.46 bits per heavy atom. The van der Waals surface area contributed by atoms with Crippen LogP contribution in [0.25, 0.3) is 16.9 Å². The Labute approximate surface area is 151 Å². The molecule has 0 aliphatic carbocycles. The fourth-order valence-corrected chi connectivity index (χ4v) is 3.05. The number of hydrogen-bond donors (Lipinski definition) is 1. The molecule has 0 spiro atoms. The zero-order chi connectivity index (χ0) is 17.9. The number of H-pyrrole nitrogens is 1. The van der Waals surface area contributed by atoms with Crippen LogP contribution in [0.3, 0.4) is 0 Å². The summed E-state index contributed by atoms with van der Waals surface area (Å²) in [5.41, 5.74) is 1.62. The number of nitrogens with one attached hydrogen (secondary N) is 1. The summed E-state index contributed by atoms with van der Waals surface area (Å²) in [7, 11) is 1.63. The highest BCUT2D eigenvalue weighted by Gasteiger charge is 2.22. The van der Waals surface area contributed by atoms with Crippen molar-refractivity contribution in [3.8, 4) is 17.7 Å². The van der Waals surface area contributed by atoms with E-state index in [1.165, 1.54) is 0 Å². The van der Waals surface area contributed by atoms with E-state index in [9.17, 15) is 0 Å². The zero-order valence-electron chi connectivity index (χ0n) is 14.8. The summed E-state index contributed by atoms with van der Waals surface area (Å²) in [5.74, 6) is 7.85. The first kappa shape index (κ1) is 16.6. The Hall–Kier alpha value is -2.89. The standard InChI is InChI=1S/C18H20N6O2/c1-13-12-26-9-7-23(13)17-10-14(4-3-8-25-2)15-11-20-24(18(15)21-17)16-5-6-19-22-16/h5-6,10-11,13H,7-9,12H2,1-2H3,(H,19,22). The molecular formula is C18H20N6O2. The number of pyridine rings is 1. The van der Waals surface area contributed by atoms with Gasteiger partial charge in [0.25, 0.3) is 0 Å². The first-order chi connectivity index (χ1) is 12.8. The zero-order valence-corrected chi connectivity index (χ0v) is 14.8. The molecule has 134 valence electrons. The van der Waals surface area contributed by atoms with Crippen molar-refractivity contribution in [3.63, 3.8) is 0 Å². The summed E-state index contributed by atoms with van der Waals surface area (Å²) in [4.78, 5) is 7.12. The number of fused-ring (bicyclic) bond motifs is 1. The minimum atomic E-state index is 0.247. The predicted octanol–water partition coefficient (Wildman–Crippen LogP) is 1.37. The van der Waals surface area contributed by atoms with Crippen molar-refractivity contribution in [2.45, 2.75) is 13.0 Å². The lowest BCUT2D eigenvalue weighted by molar-refractivity contribution is 0.0985. The molecule has 1 fully saturated rings. The summed E-state index contributed by atoms with van der Waals surface area (Å²) in [6, 6.07) is 4.12. The van der Waals surface area contributed by atoms with Crippen LogP contribution in [0.4, 0.5) is 5.82 Å². The molecule has 0 saturated carbocycles. The minimum absolute atomic E-state index is 0.247. The SMILES string of the molecule is COCC#Cc1cc(N2CCOCC2C)nc2c1cnn2-c1ccn[nH]1. The van der Waals surface area contributed by atoms with E-state index >= 15 is 0 Å². The molecular weight excluding hydrogens is 332 g/mol. The number of morpholine rings is 1. The molecule has 1 aliphatic rings. The maximum atomic E-state index is 5.55. The molecule has 8 heteroatoms. The fraction of sp³-hybridized carbons (Fsp3) is 0.389. The monoisotopic (exact) mass is 352 g/mol.